The molecule has 0 N–H and O–H groups in total. The summed E-state index contributed by atoms with van der Waals surface area (Å²) in [7, 11) is -1.75. The van der Waals surface area contributed by atoms with Crippen molar-refractivity contribution in [2.45, 2.75) is 50.3 Å². The fourth-order valence-electron chi connectivity index (χ4n) is 4.01. The van der Waals surface area contributed by atoms with Gasteiger partial charge >= 0.3 is 0 Å². The Morgan fingerprint density at radius 2 is 1.92 bits per heavy atom. The molecular weight excluding hydrogens is 340 g/mol. The molecule has 3 heterocycles. The van der Waals surface area contributed by atoms with Gasteiger partial charge in [0.25, 0.3) is 0 Å². The van der Waals surface area contributed by atoms with E-state index in [-0.39, 0.29) is 17.8 Å². The van der Waals surface area contributed by atoms with E-state index in [9.17, 15) is 8.42 Å². The molecule has 1 fully saturated rings. The summed E-state index contributed by atoms with van der Waals surface area (Å²) < 4.78 is 35.2. The Kier molecular flexibility index (Phi) is 4.35. The van der Waals surface area contributed by atoms with Crippen LogP contribution in [0.1, 0.15) is 30.1 Å². The van der Waals surface area contributed by atoms with Crippen LogP contribution < -0.4 is 0 Å². The van der Waals surface area contributed by atoms with Crippen molar-refractivity contribution >= 4 is 10.0 Å². The average Bonchev–Trinajstić information content (AvgIpc) is 3.09. The molecule has 0 unspecified atom stereocenters. The first-order valence-electron chi connectivity index (χ1n) is 8.53. The lowest BCUT2D eigenvalue weighted by atomic mass is 10.1. The molecule has 2 aromatic rings. The Morgan fingerprint density at radius 3 is 2.68 bits per heavy atom. The molecule has 4 rings (SSSR count). The third kappa shape index (κ3) is 3.09. The molecule has 1 aromatic carbocycles. The van der Waals surface area contributed by atoms with Crippen molar-refractivity contribution in [3.63, 3.8) is 0 Å². The third-order valence-electron chi connectivity index (χ3n) is 5.05. The molecule has 2 atom stereocenters. The molecule has 134 valence electrons. The van der Waals surface area contributed by atoms with Crippen molar-refractivity contribution < 1.29 is 13.2 Å². The lowest BCUT2D eigenvalue weighted by Crippen LogP contribution is -2.42. The van der Waals surface area contributed by atoms with Gasteiger partial charge in [-0.15, -0.1) is 10.2 Å². The summed E-state index contributed by atoms with van der Waals surface area (Å²) in [6.07, 6.45) is 2.37. The van der Waals surface area contributed by atoms with Gasteiger partial charge in [-0.1, -0.05) is 30.3 Å². The van der Waals surface area contributed by atoms with Crippen molar-refractivity contribution in [2.24, 2.45) is 0 Å². The van der Waals surface area contributed by atoms with Crippen molar-refractivity contribution in [1.82, 2.24) is 19.1 Å². The summed E-state index contributed by atoms with van der Waals surface area (Å²) in [5.74, 6) is 1.68. The van der Waals surface area contributed by atoms with Crippen LogP contribution in [0.25, 0.3) is 0 Å². The van der Waals surface area contributed by atoms with E-state index in [0.717, 1.165) is 30.1 Å². The van der Waals surface area contributed by atoms with E-state index in [4.69, 9.17) is 4.74 Å². The highest BCUT2D eigenvalue weighted by atomic mass is 32.2. The van der Waals surface area contributed by atoms with Crippen molar-refractivity contribution in [1.29, 1.82) is 0 Å². The minimum absolute atomic E-state index is 0.0282. The highest BCUT2D eigenvalue weighted by molar-refractivity contribution is 7.88. The standard InChI is InChI=1S/C17H22N4O3S/c1-24-11-17-19-18-16-9-14-7-8-15(10-20(16)17)21(14)25(22,23)12-13-5-3-2-4-6-13/h2-6,14-15H,7-12H2,1H3/t14-,15+/m0/s1. The number of sulfonamides is 1. The van der Waals surface area contributed by atoms with Gasteiger partial charge in [-0.25, -0.2) is 8.42 Å². The van der Waals surface area contributed by atoms with Crippen LogP contribution in [0.4, 0.5) is 0 Å². The zero-order valence-electron chi connectivity index (χ0n) is 14.2. The number of rotatable bonds is 5. The van der Waals surface area contributed by atoms with Crippen LogP contribution in [0.3, 0.4) is 0 Å². The highest BCUT2D eigenvalue weighted by Crippen LogP contribution is 2.34. The second kappa shape index (κ2) is 6.51. The zero-order valence-corrected chi connectivity index (χ0v) is 15.0. The van der Waals surface area contributed by atoms with E-state index in [1.807, 2.05) is 34.9 Å². The molecule has 1 aromatic heterocycles. The number of aromatic nitrogens is 3. The van der Waals surface area contributed by atoms with Gasteiger partial charge in [0.15, 0.2) is 5.82 Å². The summed E-state index contributed by atoms with van der Waals surface area (Å²) >= 11 is 0. The number of hydrogen-bond acceptors (Lipinski definition) is 5. The molecule has 0 radical (unpaired) electrons. The van der Waals surface area contributed by atoms with Gasteiger partial charge in [-0.2, -0.15) is 4.31 Å². The molecule has 8 heteroatoms. The monoisotopic (exact) mass is 362 g/mol. The SMILES string of the molecule is COCc1nnc2n1C[C@H]1CC[C@@H](C2)N1S(=O)(=O)Cc1ccccc1. The first-order valence-corrected chi connectivity index (χ1v) is 10.1. The van der Waals surface area contributed by atoms with E-state index in [2.05, 4.69) is 10.2 Å². The number of benzene rings is 1. The van der Waals surface area contributed by atoms with E-state index in [1.165, 1.54) is 0 Å². The number of hydrogen-bond donors (Lipinski definition) is 0. The van der Waals surface area contributed by atoms with Gasteiger partial charge in [0.2, 0.25) is 10.0 Å². The Hall–Kier alpha value is -1.77. The van der Waals surface area contributed by atoms with Crippen molar-refractivity contribution in [2.75, 3.05) is 7.11 Å². The minimum Gasteiger partial charge on any atom is -0.377 e. The highest BCUT2D eigenvalue weighted by Gasteiger charge is 2.44. The predicted octanol–water partition coefficient (Wildman–Crippen LogP) is 1.34. The Labute approximate surface area is 147 Å². The molecular formula is C17H22N4O3S. The Bertz CT molecular complexity index is 850. The normalized spacial score (nSPS) is 23.4. The molecule has 2 aliphatic heterocycles. The molecule has 0 amide bonds. The number of fused-ring (bicyclic) bond motifs is 3. The summed E-state index contributed by atoms with van der Waals surface area (Å²) in [4.78, 5) is 0. The summed E-state index contributed by atoms with van der Waals surface area (Å²) in [5.41, 5.74) is 0.825. The molecule has 0 aliphatic carbocycles. The number of nitrogens with zero attached hydrogens (tertiary/aromatic N) is 4. The van der Waals surface area contributed by atoms with Crippen LogP contribution in [-0.4, -0.2) is 46.7 Å². The molecule has 2 bridgehead atoms. The van der Waals surface area contributed by atoms with E-state index >= 15 is 0 Å². The Balaban J connectivity index is 1.62. The second-order valence-corrected chi connectivity index (χ2v) is 8.61. The summed E-state index contributed by atoms with van der Waals surface area (Å²) in [5, 5.41) is 8.47. The van der Waals surface area contributed by atoms with Gasteiger partial charge < -0.3 is 9.30 Å². The average molecular weight is 362 g/mol. The maximum absolute atomic E-state index is 13.1. The van der Waals surface area contributed by atoms with Crippen LogP contribution in [0.15, 0.2) is 30.3 Å². The molecule has 0 spiro atoms. The van der Waals surface area contributed by atoms with Crippen LogP contribution >= 0.6 is 0 Å². The first-order chi connectivity index (χ1) is 12.1. The van der Waals surface area contributed by atoms with Crippen molar-refractivity contribution in [3.8, 4) is 0 Å². The van der Waals surface area contributed by atoms with Gasteiger partial charge in [-0.05, 0) is 18.4 Å². The number of ether oxygens (including phenoxy) is 1. The van der Waals surface area contributed by atoms with E-state index in [0.29, 0.717) is 19.6 Å². The largest absolute Gasteiger partial charge is 0.377 e. The Morgan fingerprint density at radius 1 is 1.16 bits per heavy atom. The summed E-state index contributed by atoms with van der Waals surface area (Å²) in [6.45, 7) is 0.993. The lowest BCUT2D eigenvalue weighted by Gasteiger charge is -2.27. The van der Waals surface area contributed by atoms with E-state index < -0.39 is 10.0 Å². The van der Waals surface area contributed by atoms with E-state index in [1.54, 1.807) is 11.4 Å². The van der Waals surface area contributed by atoms with Gasteiger partial charge in [0.05, 0.1) is 5.75 Å². The number of methoxy groups -OCH3 is 1. The summed E-state index contributed by atoms with van der Waals surface area (Å²) in [6, 6.07) is 9.31. The van der Waals surface area contributed by atoms with Crippen LogP contribution in [0.2, 0.25) is 0 Å². The lowest BCUT2D eigenvalue weighted by molar-refractivity contribution is 0.172. The van der Waals surface area contributed by atoms with Gasteiger partial charge in [-0.3, -0.25) is 0 Å². The van der Waals surface area contributed by atoms with Crippen LogP contribution in [-0.2, 0) is 40.1 Å². The van der Waals surface area contributed by atoms with Crippen molar-refractivity contribution in [3.05, 3.63) is 47.5 Å². The minimum atomic E-state index is -3.38. The fourth-order valence-corrected chi connectivity index (χ4v) is 6.03. The molecule has 1 saturated heterocycles. The first kappa shape index (κ1) is 16.7. The molecule has 2 aliphatic rings. The topological polar surface area (TPSA) is 77.3 Å². The zero-order chi connectivity index (χ0) is 17.4. The maximum atomic E-state index is 13.1. The predicted molar refractivity (Wildman–Crippen MR) is 92.2 cm³/mol. The third-order valence-corrected chi connectivity index (χ3v) is 6.99. The van der Waals surface area contributed by atoms with Gasteiger partial charge in [0, 0.05) is 32.2 Å². The van der Waals surface area contributed by atoms with Crippen LogP contribution in [0.5, 0.6) is 0 Å². The smallest absolute Gasteiger partial charge is 0.218 e. The molecule has 25 heavy (non-hydrogen) atoms. The maximum Gasteiger partial charge on any atom is 0.218 e. The van der Waals surface area contributed by atoms with Crippen LogP contribution in [0, 0.1) is 0 Å². The molecule has 0 saturated carbocycles. The fraction of sp³-hybridized carbons (Fsp3) is 0.529. The second-order valence-electron chi connectivity index (χ2n) is 6.74. The molecule has 7 nitrogen and oxygen atoms in total. The van der Waals surface area contributed by atoms with Gasteiger partial charge in [0.1, 0.15) is 12.4 Å². The quantitative estimate of drug-likeness (QED) is 0.802.